The quantitative estimate of drug-likeness (QED) is 0.224. The molecule has 4 aromatic rings. The monoisotopic (exact) mass is 452 g/mol. The lowest BCUT2D eigenvalue weighted by molar-refractivity contribution is -0.129. The number of benzene rings is 1. The first-order valence-corrected chi connectivity index (χ1v) is 11.5. The first kappa shape index (κ1) is 20.8. The minimum Gasteiger partial charge on any atom is -0.378 e. The topological polar surface area (TPSA) is 116 Å². The summed E-state index contributed by atoms with van der Waals surface area (Å²) in [7, 11) is 0. The van der Waals surface area contributed by atoms with E-state index in [1.165, 1.54) is 4.88 Å². The molecule has 1 amide bonds. The number of hydroxylamine groups is 1. The molecule has 0 saturated carbocycles. The predicted molar refractivity (Wildman–Crippen MR) is 123 cm³/mol. The van der Waals surface area contributed by atoms with E-state index in [9.17, 15) is 4.79 Å². The molecular formula is C22H24N6O3S. The van der Waals surface area contributed by atoms with Crippen molar-refractivity contribution in [1.82, 2.24) is 25.6 Å². The number of carbonyl (C=O) groups is 1. The second kappa shape index (κ2) is 9.19. The van der Waals surface area contributed by atoms with Crippen molar-refractivity contribution >= 4 is 44.2 Å². The number of carbonyl (C=O) groups excluding carboxylic acids is 1. The van der Waals surface area contributed by atoms with Crippen LogP contribution in [0.1, 0.15) is 24.1 Å². The molecule has 0 aliphatic carbocycles. The standard InChI is InChI=1S/C22H24N6O3S/c29-19(27-30)7-2-1-4-14-12-18-20(32-14)22(28-8-10-31-11-9-28)25-21(24-18)15-5-3-6-17-16(15)13-23-26-17/h3,5-6,12-13,30H,1-2,4,7-11H2,(H,23,26)(H,27,29). The number of aromatic amines is 1. The van der Waals surface area contributed by atoms with E-state index in [0.29, 0.717) is 25.5 Å². The average Bonchev–Trinajstić information content (AvgIpc) is 3.48. The third-order valence-corrected chi connectivity index (χ3v) is 6.82. The molecule has 32 heavy (non-hydrogen) atoms. The summed E-state index contributed by atoms with van der Waals surface area (Å²) in [6.07, 6.45) is 4.57. The number of nitrogens with one attached hydrogen (secondary N) is 2. The van der Waals surface area contributed by atoms with Crippen LogP contribution in [0.25, 0.3) is 32.5 Å². The van der Waals surface area contributed by atoms with Crippen molar-refractivity contribution in [2.24, 2.45) is 0 Å². The molecule has 0 unspecified atom stereocenters. The first-order chi connectivity index (χ1) is 15.7. The Morgan fingerprint density at radius 3 is 2.97 bits per heavy atom. The summed E-state index contributed by atoms with van der Waals surface area (Å²) in [5.41, 5.74) is 4.53. The Hall–Kier alpha value is -3.08. The van der Waals surface area contributed by atoms with Crippen LogP contribution in [0.4, 0.5) is 5.82 Å². The Kier molecular flexibility index (Phi) is 5.97. The molecule has 0 spiro atoms. The number of hydrogen-bond donors (Lipinski definition) is 3. The van der Waals surface area contributed by atoms with Crippen molar-refractivity contribution in [3.05, 3.63) is 35.3 Å². The number of H-pyrrole nitrogens is 1. The molecule has 4 heterocycles. The molecule has 0 bridgehead atoms. The second-order valence-electron chi connectivity index (χ2n) is 7.78. The van der Waals surface area contributed by atoms with Gasteiger partial charge < -0.3 is 9.64 Å². The van der Waals surface area contributed by atoms with E-state index in [1.807, 2.05) is 24.4 Å². The zero-order valence-electron chi connectivity index (χ0n) is 17.5. The molecule has 9 nitrogen and oxygen atoms in total. The number of thiophene rings is 1. The molecule has 0 radical (unpaired) electrons. The Morgan fingerprint density at radius 2 is 2.12 bits per heavy atom. The highest BCUT2D eigenvalue weighted by molar-refractivity contribution is 7.19. The van der Waals surface area contributed by atoms with E-state index in [0.717, 1.165) is 64.9 Å². The van der Waals surface area contributed by atoms with Gasteiger partial charge in [-0.05, 0) is 31.4 Å². The van der Waals surface area contributed by atoms with Crippen LogP contribution in [0, 0.1) is 0 Å². The van der Waals surface area contributed by atoms with Gasteiger partial charge >= 0.3 is 0 Å². The van der Waals surface area contributed by atoms with Crippen LogP contribution in [0.5, 0.6) is 0 Å². The van der Waals surface area contributed by atoms with Gasteiger partial charge in [-0.25, -0.2) is 15.4 Å². The maximum Gasteiger partial charge on any atom is 0.243 e. The number of rotatable bonds is 7. The van der Waals surface area contributed by atoms with Crippen LogP contribution in [-0.2, 0) is 16.0 Å². The fourth-order valence-electron chi connectivity index (χ4n) is 4.00. The molecule has 1 saturated heterocycles. The molecule has 1 aromatic carbocycles. The molecule has 166 valence electrons. The average molecular weight is 453 g/mol. The summed E-state index contributed by atoms with van der Waals surface area (Å²) in [4.78, 5) is 24.7. The van der Waals surface area contributed by atoms with Crippen molar-refractivity contribution in [1.29, 1.82) is 0 Å². The molecular weight excluding hydrogens is 428 g/mol. The highest BCUT2D eigenvalue weighted by Gasteiger charge is 2.21. The van der Waals surface area contributed by atoms with E-state index in [-0.39, 0.29) is 5.91 Å². The fraction of sp³-hybridized carbons (Fsp3) is 0.364. The largest absolute Gasteiger partial charge is 0.378 e. The molecule has 1 aliphatic rings. The lowest BCUT2D eigenvalue weighted by Crippen LogP contribution is -2.36. The molecule has 5 rings (SSSR count). The lowest BCUT2D eigenvalue weighted by atomic mass is 10.1. The Morgan fingerprint density at radius 1 is 1.25 bits per heavy atom. The van der Waals surface area contributed by atoms with Crippen molar-refractivity contribution in [3.8, 4) is 11.4 Å². The number of amides is 1. The minimum absolute atomic E-state index is 0.319. The molecule has 3 aromatic heterocycles. The van der Waals surface area contributed by atoms with Crippen molar-refractivity contribution < 1.29 is 14.7 Å². The van der Waals surface area contributed by atoms with E-state index in [4.69, 9.17) is 19.9 Å². The summed E-state index contributed by atoms with van der Waals surface area (Å²) in [6.45, 7) is 2.96. The second-order valence-corrected chi connectivity index (χ2v) is 8.91. The minimum atomic E-state index is -0.347. The maximum absolute atomic E-state index is 11.2. The summed E-state index contributed by atoms with van der Waals surface area (Å²) >= 11 is 1.72. The lowest BCUT2D eigenvalue weighted by Gasteiger charge is -2.28. The summed E-state index contributed by atoms with van der Waals surface area (Å²) in [5, 5.41) is 16.8. The fourth-order valence-corrected chi connectivity index (χ4v) is 5.16. The SMILES string of the molecule is O=C(CCCCc1cc2nc(-c3cccc4[nH]ncc34)nc(N3CCOCC3)c2s1)NO. The van der Waals surface area contributed by atoms with Crippen molar-refractivity contribution in [2.45, 2.75) is 25.7 Å². The number of fused-ring (bicyclic) bond motifs is 2. The number of aromatic nitrogens is 4. The summed E-state index contributed by atoms with van der Waals surface area (Å²) in [5.74, 6) is 1.29. The Bertz CT molecular complexity index is 1250. The number of anilines is 1. The normalized spacial score (nSPS) is 14.3. The third kappa shape index (κ3) is 4.16. The van der Waals surface area contributed by atoms with Crippen molar-refractivity contribution in [2.75, 3.05) is 31.2 Å². The number of hydrogen-bond acceptors (Lipinski definition) is 8. The van der Waals surface area contributed by atoms with Crippen LogP contribution in [0.2, 0.25) is 0 Å². The van der Waals surface area contributed by atoms with Gasteiger partial charge in [0.05, 0.1) is 35.1 Å². The van der Waals surface area contributed by atoms with Gasteiger partial charge in [0.25, 0.3) is 0 Å². The van der Waals surface area contributed by atoms with Crippen LogP contribution in [0.3, 0.4) is 0 Å². The van der Waals surface area contributed by atoms with Gasteiger partial charge in [-0.15, -0.1) is 11.3 Å². The molecule has 0 atom stereocenters. The van der Waals surface area contributed by atoms with Crippen LogP contribution < -0.4 is 10.4 Å². The van der Waals surface area contributed by atoms with Crippen molar-refractivity contribution in [3.63, 3.8) is 0 Å². The van der Waals surface area contributed by atoms with Gasteiger partial charge in [-0.2, -0.15) is 5.10 Å². The van der Waals surface area contributed by atoms with Gasteiger partial charge in [0.15, 0.2) is 11.6 Å². The number of nitrogens with zero attached hydrogens (tertiary/aromatic N) is 4. The summed E-state index contributed by atoms with van der Waals surface area (Å²) in [6, 6.07) is 8.14. The van der Waals surface area contributed by atoms with Gasteiger partial charge in [0.1, 0.15) is 0 Å². The number of morpholine rings is 1. The number of unbranched alkanes of at least 4 members (excludes halogenated alkanes) is 1. The highest BCUT2D eigenvalue weighted by atomic mass is 32.1. The summed E-state index contributed by atoms with van der Waals surface area (Å²) < 4.78 is 6.63. The molecule has 1 aliphatic heterocycles. The maximum atomic E-state index is 11.2. The molecule has 1 fully saturated rings. The van der Waals surface area contributed by atoms with E-state index in [1.54, 1.807) is 16.8 Å². The van der Waals surface area contributed by atoms with Crippen LogP contribution in [-0.4, -0.2) is 57.6 Å². The van der Waals surface area contributed by atoms with E-state index >= 15 is 0 Å². The molecule has 3 N–H and O–H groups in total. The first-order valence-electron chi connectivity index (χ1n) is 10.7. The van der Waals surface area contributed by atoms with E-state index < -0.39 is 0 Å². The Balaban J connectivity index is 1.51. The zero-order chi connectivity index (χ0) is 21.9. The predicted octanol–water partition coefficient (Wildman–Crippen LogP) is 3.29. The van der Waals surface area contributed by atoms with Gasteiger partial charge in [-0.3, -0.25) is 15.1 Å². The Labute approximate surface area is 188 Å². The van der Waals surface area contributed by atoms with Crippen LogP contribution >= 0.6 is 11.3 Å². The molecule has 10 heteroatoms. The smallest absolute Gasteiger partial charge is 0.243 e. The van der Waals surface area contributed by atoms with Crippen LogP contribution in [0.15, 0.2) is 30.5 Å². The number of aryl methyl sites for hydroxylation is 1. The van der Waals surface area contributed by atoms with Gasteiger partial charge in [0.2, 0.25) is 5.91 Å². The van der Waals surface area contributed by atoms with Gasteiger partial charge in [-0.1, -0.05) is 12.1 Å². The number of ether oxygens (including phenoxy) is 1. The van der Waals surface area contributed by atoms with E-state index in [2.05, 4.69) is 21.2 Å². The zero-order valence-corrected chi connectivity index (χ0v) is 18.3. The third-order valence-electron chi connectivity index (χ3n) is 5.64. The highest BCUT2D eigenvalue weighted by Crippen LogP contribution is 2.36. The van der Waals surface area contributed by atoms with Gasteiger partial charge in [0, 0.05) is 35.3 Å².